The van der Waals surface area contributed by atoms with Gasteiger partial charge in [0.1, 0.15) is 0 Å². The van der Waals surface area contributed by atoms with Gasteiger partial charge in [-0.1, -0.05) is 6.92 Å². The summed E-state index contributed by atoms with van der Waals surface area (Å²) in [4.78, 5) is 35.6. The van der Waals surface area contributed by atoms with Crippen molar-refractivity contribution in [1.82, 2.24) is 20.5 Å². The van der Waals surface area contributed by atoms with Gasteiger partial charge in [0.15, 0.2) is 0 Å². The van der Waals surface area contributed by atoms with E-state index in [0.29, 0.717) is 19.0 Å². The van der Waals surface area contributed by atoms with Crippen molar-refractivity contribution < 1.29 is 22.8 Å². The molecule has 2 atom stereocenters. The standard InChI is InChI=1S/C18H24N4O5S/c1-12-10-15(12)18(25)19-11-16(23)20-21-17(24)13-4-6-14(7-5-13)28(26,27)22-8-2-3-9-22/h4-7,12,15H,2-3,8-11H2,1H3,(H,19,25)(H,20,23)(H,21,24). The number of hydrogen-bond donors (Lipinski definition) is 3. The van der Waals surface area contributed by atoms with Gasteiger partial charge in [-0.05, 0) is 49.4 Å². The summed E-state index contributed by atoms with van der Waals surface area (Å²) in [5.41, 5.74) is 4.66. The van der Waals surface area contributed by atoms with E-state index in [1.54, 1.807) is 0 Å². The second-order valence-electron chi connectivity index (χ2n) is 7.18. The highest BCUT2D eigenvalue weighted by Crippen LogP contribution is 2.37. The topological polar surface area (TPSA) is 125 Å². The highest BCUT2D eigenvalue weighted by atomic mass is 32.2. The zero-order valence-electron chi connectivity index (χ0n) is 15.6. The van der Waals surface area contributed by atoms with E-state index in [-0.39, 0.29) is 28.8 Å². The summed E-state index contributed by atoms with van der Waals surface area (Å²) in [5, 5.41) is 2.52. The second kappa shape index (κ2) is 8.27. The molecular formula is C18H24N4O5S. The lowest BCUT2D eigenvalue weighted by molar-refractivity contribution is -0.127. The lowest BCUT2D eigenvalue weighted by Crippen LogP contribution is -2.46. The maximum absolute atomic E-state index is 12.5. The van der Waals surface area contributed by atoms with Gasteiger partial charge in [-0.3, -0.25) is 25.2 Å². The van der Waals surface area contributed by atoms with Gasteiger partial charge in [-0.2, -0.15) is 4.31 Å². The number of nitrogens with zero attached hydrogens (tertiary/aromatic N) is 1. The summed E-state index contributed by atoms with van der Waals surface area (Å²) < 4.78 is 26.4. The lowest BCUT2D eigenvalue weighted by atomic mass is 10.2. The van der Waals surface area contributed by atoms with Crippen molar-refractivity contribution in [2.24, 2.45) is 11.8 Å². The van der Waals surface area contributed by atoms with Gasteiger partial charge < -0.3 is 5.32 Å². The van der Waals surface area contributed by atoms with Crippen molar-refractivity contribution in [2.75, 3.05) is 19.6 Å². The molecule has 2 aliphatic rings. The van der Waals surface area contributed by atoms with Crippen LogP contribution in [0.1, 0.15) is 36.5 Å². The molecule has 3 N–H and O–H groups in total. The monoisotopic (exact) mass is 408 g/mol. The minimum absolute atomic E-state index is 0.0299. The van der Waals surface area contributed by atoms with Crippen molar-refractivity contribution in [3.8, 4) is 0 Å². The van der Waals surface area contributed by atoms with E-state index < -0.39 is 21.8 Å². The fraction of sp³-hybridized carbons (Fsp3) is 0.500. The van der Waals surface area contributed by atoms with Gasteiger partial charge in [0, 0.05) is 24.6 Å². The van der Waals surface area contributed by atoms with Crippen LogP contribution >= 0.6 is 0 Å². The fourth-order valence-electron chi connectivity index (χ4n) is 3.08. The molecule has 0 radical (unpaired) electrons. The lowest BCUT2D eigenvalue weighted by Gasteiger charge is -2.15. The Morgan fingerprint density at radius 1 is 1.07 bits per heavy atom. The largest absolute Gasteiger partial charge is 0.347 e. The Labute approximate surface area is 163 Å². The SMILES string of the molecule is CC1CC1C(=O)NCC(=O)NNC(=O)c1ccc(S(=O)(=O)N2CCCC2)cc1. The van der Waals surface area contributed by atoms with E-state index in [1.807, 2.05) is 6.92 Å². The molecule has 1 saturated carbocycles. The van der Waals surface area contributed by atoms with Gasteiger partial charge in [-0.15, -0.1) is 0 Å². The molecule has 0 bridgehead atoms. The fourth-order valence-corrected chi connectivity index (χ4v) is 4.60. The van der Waals surface area contributed by atoms with Crippen LogP contribution in [0.4, 0.5) is 0 Å². The molecule has 9 nitrogen and oxygen atoms in total. The van der Waals surface area contributed by atoms with Crippen molar-refractivity contribution in [3.63, 3.8) is 0 Å². The van der Waals surface area contributed by atoms with Crippen molar-refractivity contribution in [3.05, 3.63) is 29.8 Å². The summed E-state index contributed by atoms with van der Waals surface area (Å²) in [6, 6.07) is 5.53. The van der Waals surface area contributed by atoms with Crippen molar-refractivity contribution in [1.29, 1.82) is 0 Å². The van der Waals surface area contributed by atoms with E-state index in [1.165, 1.54) is 28.6 Å². The first-order valence-electron chi connectivity index (χ1n) is 9.26. The molecule has 0 aromatic heterocycles. The molecule has 1 heterocycles. The van der Waals surface area contributed by atoms with Crippen LogP contribution in [0.15, 0.2) is 29.2 Å². The summed E-state index contributed by atoms with van der Waals surface area (Å²) in [5.74, 6) is -0.981. The summed E-state index contributed by atoms with van der Waals surface area (Å²) in [7, 11) is -3.54. The first kappa shape index (κ1) is 20.3. The molecule has 1 saturated heterocycles. The smallest absolute Gasteiger partial charge is 0.269 e. The van der Waals surface area contributed by atoms with E-state index in [2.05, 4.69) is 16.2 Å². The highest BCUT2D eigenvalue weighted by molar-refractivity contribution is 7.89. The van der Waals surface area contributed by atoms with E-state index >= 15 is 0 Å². The number of benzene rings is 1. The molecule has 10 heteroatoms. The van der Waals surface area contributed by atoms with Crippen LogP contribution in [0, 0.1) is 11.8 Å². The number of sulfonamides is 1. The number of amides is 3. The quantitative estimate of drug-likeness (QED) is 0.572. The third-order valence-corrected chi connectivity index (χ3v) is 6.92. The van der Waals surface area contributed by atoms with Crippen LogP contribution in [0.3, 0.4) is 0 Å². The molecule has 3 rings (SSSR count). The number of carbonyl (C=O) groups excluding carboxylic acids is 3. The van der Waals surface area contributed by atoms with Gasteiger partial charge in [0.25, 0.3) is 11.8 Å². The maximum Gasteiger partial charge on any atom is 0.269 e. The molecule has 3 amide bonds. The molecule has 0 spiro atoms. The molecule has 1 aliphatic heterocycles. The minimum atomic E-state index is -3.54. The first-order chi connectivity index (χ1) is 13.3. The second-order valence-corrected chi connectivity index (χ2v) is 9.11. The molecule has 2 unspecified atom stereocenters. The maximum atomic E-state index is 12.5. The summed E-state index contributed by atoms with van der Waals surface area (Å²) >= 11 is 0. The average molecular weight is 408 g/mol. The minimum Gasteiger partial charge on any atom is -0.347 e. The molecule has 28 heavy (non-hydrogen) atoms. The van der Waals surface area contributed by atoms with Gasteiger partial charge in [0.2, 0.25) is 15.9 Å². The van der Waals surface area contributed by atoms with Crippen LogP contribution in [0.25, 0.3) is 0 Å². The van der Waals surface area contributed by atoms with E-state index in [9.17, 15) is 22.8 Å². The Hall–Kier alpha value is -2.46. The van der Waals surface area contributed by atoms with Gasteiger partial charge in [0.05, 0.1) is 11.4 Å². The molecular weight excluding hydrogens is 384 g/mol. The van der Waals surface area contributed by atoms with Crippen LogP contribution in [0.2, 0.25) is 0 Å². The number of nitrogens with one attached hydrogen (secondary N) is 3. The van der Waals surface area contributed by atoms with Crippen molar-refractivity contribution >= 4 is 27.7 Å². The van der Waals surface area contributed by atoms with Crippen LogP contribution in [-0.2, 0) is 19.6 Å². The molecule has 2 fully saturated rings. The molecule has 152 valence electrons. The van der Waals surface area contributed by atoms with E-state index in [4.69, 9.17) is 0 Å². The molecule has 1 aromatic carbocycles. The summed E-state index contributed by atoms with van der Waals surface area (Å²) in [6.45, 7) is 2.75. The Bertz CT molecular complexity index is 862. The Kier molecular flexibility index (Phi) is 5.99. The number of carbonyl (C=O) groups is 3. The van der Waals surface area contributed by atoms with Gasteiger partial charge >= 0.3 is 0 Å². The predicted molar refractivity (Wildman–Crippen MR) is 100 cm³/mol. The normalized spacial score (nSPS) is 21.8. The van der Waals surface area contributed by atoms with Crippen LogP contribution in [-0.4, -0.2) is 50.1 Å². The molecule has 1 aliphatic carbocycles. The average Bonchev–Trinajstić information content (AvgIpc) is 3.17. The predicted octanol–water partition coefficient (Wildman–Crippen LogP) is 0.00430. The zero-order chi connectivity index (χ0) is 20.3. The third kappa shape index (κ3) is 4.68. The Morgan fingerprint density at radius 3 is 2.25 bits per heavy atom. The van der Waals surface area contributed by atoms with Crippen LogP contribution in [0.5, 0.6) is 0 Å². The van der Waals surface area contributed by atoms with Gasteiger partial charge in [-0.25, -0.2) is 8.42 Å². The van der Waals surface area contributed by atoms with E-state index in [0.717, 1.165) is 19.3 Å². The third-order valence-electron chi connectivity index (χ3n) is 5.00. The zero-order valence-corrected chi connectivity index (χ0v) is 16.4. The summed E-state index contributed by atoms with van der Waals surface area (Å²) in [6.07, 6.45) is 2.52. The number of hydrogen-bond acceptors (Lipinski definition) is 5. The first-order valence-corrected chi connectivity index (χ1v) is 10.7. The van der Waals surface area contributed by atoms with Crippen LogP contribution < -0.4 is 16.2 Å². The molecule has 1 aromatic rings. The highest BCUT2D eigenvalue weighted by Gasteiger charge is 2.39. The number of rotatable bonds is 6. The number of hydrazine groups is 1. The van der Waals surface area contributed by atoms with Crippen molar-refractivity contribution in [2.45, 2.75) is 31.1 Å². The Morgan fingerprint density at radius 2 is 1.68 bits per heavy atom. The Balaban J connectivity index is 1.47.